The largest absolute Gasteiger partial charge is 0.466 e. The van der Waals surface area contributed by atoms with Crippen molar-refractivity contribution in [1.82, 2.24) is 0 Å². The van der Waals surface area contributed by atoms with E-state index in [1.54, 1.807) is 6.92 Å². The summed E-state index contributed by atoms with van der Waals surface area (Å²) >= 11 is 1.53. The molecule has 0 saturated carbocycles. The van der Waals surface area contributed by atoms with Crippen molar-refractivity contribution in [1.29, 1.82) is 0 Å². The van der Waals surface area contributed by atoms with E-state index in [0.717, 1.165) is 10.3 Å². The molecule has 0 aliphatic heterocycles. The van der Waals surface area contributed by atoms with Crippen molar-refractivity contribution >= 4 is 35.9 Å². The van der Waals surface area contributed by atoms with Crippen LogP contribution < -0.4 is 0 Å². The van der Waals surface area contributed by atoms with Crippen LogP contribution in [0, 0.1) is 11.8 Å². The van der Waals surface area contributed by atoms with Crippen LogP contribution in [0.15, 0.2) is 47.4 Å². The molecule has 6 heteroatoms. The molecular formula is C22H31O4PS. The monoisotopic (exact) mass is 422 g/mol. The molecule has 28 heavy (non-hydrogen) atoms. The van der Waals surface area contributed by atoms with Gasteiger partial charge < -0.3 is 9.26 Å². The highest BCUT2D eigenvalue weighted by molar-refractivity contribution is 8.05. The fourth-order valence-corrected chi connectivity index (χ4v) is 7.24. The minimum atomic E-state index is -2.97. The van der Waals surface area contributed by atoms with Crippen molar-refractivity contribution in [2.45, 2.75) is 39.0 Å². The number of carbonyl (C=O) groups is 1. The molecular weight excluding hydrogens is 391 g/mol. The first kappa shape index (κ1) is 23.0. The molecule has 0 bridgehead atoms. The molecule has 0 N–H and O–H groups in total. The Morgan fingerprint density at radius 3 is 2.43 bits per heavy atom. The standard InChI is InChI=1S/C22H31O4PS/c1-5-25-22(23)20(13-17(3)4)15-27(24,26-6-2)16-28-21-12-11-18-9-7-8-10-19(18)14-21/h7-12,14,17,20H,5-6,13,15-16H2,1-4H3. The SMILES string of the molecule is CCOC(=O)C(CC(C)C)CP(=O)(CSc1ccc2ccccc2c1)OCC. The average molecular weight is 423 g/mol. The Bertz CT molecular complexity index is 821. The number of thioether (sulfide) groups is 1. The summed E-state index contributed by atoms with van der Waals surface area (Å²) in [5, 5.41) is 2.34. The van der Waals surface area contributed by atoms with E-state index < -0.39 is 13.3 Å². The highest BCUT2D eigenvalue weighted by atomic mass is 32.2. The summed E-state index contributed by atoms with van der Waals surface area (Å²) in [7, 11) is -2.97. The first-order valence-electron chi connectivity index (χ1n) is 9.87. The first-order valence-corrected chi connectivity index (χ1v) is 12.9. The zero-order chi connectivity index (χ0) is 20.6. The summed E-state index contributed by atoms with van der Waals surface area (Å²) in [6.45, 7) is 8.45. The van der Waals surface area contributed by atoms with Crippen LogP contribution in [-0.2, 0) is 18.6 Å². The highest BCUT2D eigenvalue weighted by Crippen LogP contribution is 2.53. The minimum absolute atomic E-state index is 0.235. The predicted octanol–water partition coefficient (Wildman–Crippen LogP) is 6.43. The smallest absolute Gasteiger partial charge is 0.309 e. The Kier molecular flexibility index (Phi) is 9.07. The van der Waals surface area contributed by atoms with Crippen molar-refractivity contribution in [3.63, 3.8) is 0 Å². The Labute approximate surface area is 172 Å². The fraction of sp³-hybridized carbons (Fsp3) is 0.500. The quantitative estimate of drug-likeness (QED) is 0.237. The maximum atomic E-state index is 13.5. The van der Waals surface area contributed by atoms with Gasteiger partial charge in [-0.05, 0) is 49.1 Å². The fourth-order valence-electron chi connectivity index (χ4n) is 3.22. The molecule has 4 nitrogen and oxygen atoms in total. The summed E-state index contributed by atoms with van der Waals surface area (Å²) < 4.78 is 24.4. The molecule has 0 radical (unpaired) electrons. The van der Waals surface area contributed by atoms with Gasteiger partial charge in [0, 0.05) is 11.1 Å². The van der Waals surface area contributed by atoms with Crippen LogP contribution in [0.3, 0.4) is 0 Å². The Balaban J connectivity index is 2.13. The topological polar surface area (TPSA) is 52.6 Å². The molecule has 0 amide bonds. The molecule has 0 fully saturated rings. The normalized spacial score (nSPS) is 14.8. The number of hydrogen-bond donors (Lipinski definition) is 0. The zero-order valence-electron chi connectivity index (χ0n) is 17.2. The van der Waals surface area contributed by atoms with Gasteiger partial charge in [0.15, 0.2) is 0 Å². The van der Waals surface area contributed by atoms with E-state index >= 15 is 0 Å². The Hall–Kier alpha value is -1.29. The van der Waals surface area contributed by atoms with Gasteiger partial charge in [0.1, 0.15) is 0 Å². The molecule has 0 heterocycles. The summed E-state index contributed by atoms with van der Waals surface area (Å²) in [4.78, 5) is 13.4. The molecule has 0 saturated heterocycles. The molecule has 2 aromatic rings. The number of hydrogen-bond acceptors (Lipinski definition) is 5. The van der Waals surface area contributed by atoms with Crippen LogP contribution in [0.25, 0.3) is 10.8 Å². The van der Waals surface area contributed by atoms with E-state index in [1.165, 1.54) is 17.1 Å². The van der Waals surface area contributed by atoms with Crippen LogP contribution in [0.1, 0.15) is 34.1 Å². The lowest BCUT2D eigenvalue weighted by Crippen LogP contribution is -2.24. The van der Waals surface area contributed by atoms with Crippen molar-refractivity contribution < 1.29 is 18.6 Å². The third-order valence-electron chi connectivity index (χ3n) is 4.39. The van der Waals surface area contributed by atoms with Crippen LogP contribution >= 0.6 is 19.1 Å². The second-order valence-corrected chi connectivity index (χ2v) is 11.3. The van der Waals surface area contributed by atoms with Gasteiger partial charge in [0.25, 0.3) is 0 Å². The van der Waals surface area contributed by atoms with Crippen molar-refractivity contribution in [3.05, 3.63) is 42.5 Å². The van der Waals surface area contributed by atoms with Gasteiger partial charge in [-0.1, -0.05) is 44.2 Å². The lowest BCUT2D eigenvalue weighted by Gasteiger charge is -2.24. The third-order valence-corrected chi connectivity index (χ3v) is 8.79. The molecule has 0 spiro atoms. The predicted molar refractivity (Wildman–Crippen MR) is 118 cm³/mol. The molecule has 0 aliphatic rings. The van der Waals surface area contributed by atoms with E-state index in [2.05, 4.69) is 38.1 Å². The number of ether oxygens (including phenoxy) is 1. The van der Waals surface area contributed by atoms with E-state index in [0.29, 0.717) is 31.0 Å². The van der Waals surface area contributed by atoms with Gasteiger partial charge >= 0.3 is 5.97 Å². The average Bonchev–Trinajstić information content (AvgIpc) is 2.66. The second kappa shape index (κ2) is 11.0. The number of esters is 1. The number of benzene rings is 2. The van der Waals surface area contributed by atoms with Crippen molar-refractivity contribution in [2.24, 2.45) is 11.8 Å². The summed E-state index contributed by atoms with van der Waals surface area (Å²) in [5.41, 5.74) is 0.354. The molecule has 0 aromatic heterocycles. The maximum Gasteiger partial charge on any atom is 0.309 e. The van der Waals surface area contributed by atoms with Gasteiger partial charge in [0.2, 0.25) is 7.37 Å². The maximum absolute atomic E-state index is 13.5. The van der Waals surface area contributed by atoms with Crippen LogP contribution in [0.2, 0.25) is 0 Å². The summed E-state index contributed by atoms with van der Waals surface area (Å²) in [6.07, 6.45) is 0.884. The molecule has 2 rings (SSSR count). The van der Waals surface area contributed by atoms with Gasteiger partial charge in [-0.25, -0.2) is 0 Å². The third kappa shape index (κ3) is 6.95. The minimum Gasteiger partial charge on any atom is -0.466 e. The van der Waals surface area contributed by atoms with E-state index in [1.807, 2.05) is 25.1 Å². The zero-order valence-corrected chi connectivity index (χ0v) is 18.9. The molecule has 2 unspecified atom stereocenters. The van der Waals surface area contributed by atoms with Crippen LogP contribution in [0.5, 0.6) is 0 Å². The number of rotatable bonds is 11. The van der Waals surface area contributed by atoms with Crippen molar-refractivity contribution in [3.8, 4) is 0 Å². The molecule has 2 aromatic carbocycles. The Morgan fingerprint density at radius 2 is 1.79 bits per heavy atom. The van der Waals surface area contributed by atoms with E-state index in [9.17, 15) is 9.36 Å². The Morgan fingerprint density at radius 1 is 1.07 bits per heavy atom. The van der Waals surface area contributed by atoms with Crippen LogP contribution in [-0.4, -0.2) is 30.8 Å². The van der Waals surface area contributed by atoms with E-state index in [-0.39, 0.29) is 12.1 Å². The number of carbonyl (C=O) groups excluding carboxylic acids is 1. The second-order valence-electron chi connectivity index (χ2n) is 7.28. The van der Waals surface area contributed by atoms with Gasteiger partial charge in [-0.3, -0.25) is 9.36 Å². The van der Waals surface area contributed by atoms with Crippen LogP contribution in [0.4, 0.5) is 0 Å². The van der Waals surface area contributed by atoms with Crippen molar-refractivity contribution in [2.75, 3.05) is 24.9 Å². The molecule has 0 aliphatic carbocycles. The molecule has 2 atom stereocenters. The summed E-state index contributed by atoms with van der Waals surface area (Å²) in [6, 6.07) is 14.4. The number of fused-ring (bicyclic) bond motifs is 1. The summed E-state index contributed by atoms with van der Waals surface area (Å²) in [5.74, 6) is -0.348. The van der Waals surface area contributed by atoms with Gasteiger partial charge in [-0.15, -0.1) is 11.8 Å². The lowest BCUT2D eigenvalue weighted by atomic mass is 9.99. The molecule has 154 valence electrons. The first-order chi connectivity index (χ1) is 13.4. The van der Waals surface area contributed by atoms with Gasteiger partial charge in [0.05, 0.1) is 24.6 Å². The van der Waals surface area contributed by atoms with Gasteiger partial charge in [-0.2, -0.15) is 0 Å². The van der Waals surface area contributed by atoms with E-state index in [4.69, 9.17) is 9.26 Å². The highest BCUT2D eigenvalue weighted by Gasteiger charge is 2.33. The lowest BCUT2D eigenvalue weighted by molar-refractivity contribution is -0.147.